The van der Waals surface area contributed by atoms with Crippen molar-refractivity contribution in [2.24, 2.45) is 0 Å². The van der Waals surface area contributed by atoms with Gasteiger partial charge in [-0.25, -0.2) is 0 Å². The molecule has 0 saturated carbocycles. The third-order valence-corrected chi connectivity index (χ3v) is 4.22. The molecular weight excluding hydrogens is 224 g/mol. The Morgan fingerprint density at radius 1 is 1.64 bits per heavy atom. The predicted molar refractivity (Wildman–Crippen MR) is 49.9 cm³/mol. The van der Waals surface area contributed by atoms with Gasteiger partial charge in [0.2, 0.25) is 0 Å². The molecule has 3 heteroatoms. The van der Waals surface area contributed by atoms with Crippen LogP contribution in [0.25, 0.3) is 0 Å². The average molecular weight is 233 g/mol. The molecule has 1 aliphatic rings. The summed E-state index contributed by atoms with van der Waals surface area (Å²) in [6.07, 6.45) is 2.97. The SMILES string of the molecule is OC1CCCc2c(Br)csc21. The van der Waals surface area contributed by atoms with Crippen molar-refractivity contribution < 1.29 is 5.11 Å². The molecule has 1 N–H and O–H groups in total. The number of aliphatic hydroxyl groups excluding tert-OH is 1. The van der Waals surface area contributed by atoms with E-state index in [0.717, 1.165) is 19.3 Å². The Kier molecular flexibility index (Phi) is 2.04. The molecule has 0 saturated heterocycles. The summed E-state index contributed by atoms with van der Waals surface area (Å²) in [6, 6.07) is 0. The Hall–Kier alpha value is 0.140. The van der Waals surface area contributed by atoms with Gasteiger partial charge in [0, 0.05) is 14.7 Å². The minimum atomic E-state index is -0.199. The number of fused-ring (bicyclic) bond motifs is 1. The first kappa shape index (κ1) is 7.77. The van der Waals surface area contributed by atoms with Gasteiger partial charge in [0.1, 0.15) is 0 Å². The standard InChI is InChI=1S/C8H9BrOS/c9-6-4-11-8-5(6)2-1-3-7(8)10/h4,7,10H,1-3H2. The number of aliphatic hydroxyl groups is 1. The zero-order valence-electron chi connectivity index (χ0n) is 6.01. The summed E-state index contributed by atoms with van der Waals surface area (Å²) in [5, 5.41) is 11.6. The van der Waals surface area contributed by atoms with E-state index in [9.17, 15) is 5.11 Å². The maximum Gasteiger partial charge on any atom is 0.0885 e. The van der Waals surface area contributed by atoms with Crippen molar-refractivity contribution in [2.45, 2.75) is 25.4 Å². The Balaban J connectivity index is 2.46. The quantitative estimate of drug-likeness (QED) is 0.730. The zero-order valence-corrected chi connectivity index (χ0v) is 8.41. The lowest BCUT2D eigenvalue weighted by molar-refractivity contribution is 0.160. The molecule has 1 unspecified atom stereocenters. The highest BCUT2D eigenvalue weighted by atomic mass is 79.9. The Morgan fingerprint density at radius 2 is 2.45 bits per heavy atom. The zero-order chi connectivity index (χ0) is 7.84. The highest BCUT2D eigenvalue weighted by Crippen LogP contribution is 2.38. The summed E-state index contributed by atoms with van der Waals surface area (Å²) in [4.78, 5) is 1.17. The summed E-state index contributed by atoms with van der Waals surface area (Å²) < 4.78 is 1.18. The van der Waals surface area contributed by atoms with E-state index in [4.69, 9.17) is 0 Å². The lowest BCUT2D eigenvalue weighted by Crippen LogP contribution is -2.05. The number of rotatable bonds is 0. The van der Waals surface area contributed by atoms with Gasteiger partial charge in [-0.3, -0.25) is 0 Å². The normalized spacial score (nSPS) is 23.3. The van der Waals surface area contributed by atoms with Crippen molar-refractivity contribution in [1.82, 2.24) is 0 Å². The first-order valence-corrected chi connectivity index (χ1v) is 5.40. The van der Waals surface area contributed by atoms with Crippen molar-refractivity contribution in [2.75, 3.05) is 0 Å². The molecule has 1 aromatic rings. The lowest BCUT2D eigenvalue weighted by atomic mass is 9.97. The van der Waals surface area contributed by atoms with Crippen LogP contribution in [0.5, 0.6) is 0 Å². The van der Waals surface area contributed by atoms with Crippen molar-refractivity contribution in [3.8, 4) is 0 Å². The molecule has 2 rings (SSSR count). The van der Waals surface area contributed by atoms with Crippen molar-refractivity contribution >= 4 is 27.3 Å². The van der Waals surface area contributed by atoms with Crippen molar-refractivity contribution in [1.29, 1.82) is 0 Å². The topological polar surface area (TPSA) is 20.2 Å². The summed E-state index contributed by atoms with van der Waals surface area (Å²) in [5.74, 6) is 0. The van der Waals surface area contributed by atoms with Crippen LogP contribution in [0.3, 0.4) is 0 Å². The van der Waals surface area contributed by atoms with E-state index in [1.807, 2.05) is 0 Å². The molecule has 1 aromatic heterocycles. The Bertz CT molecular complexity index is 269. The average Bonchev–Trinajstić information content (AvgIpc) is 2.35. The third-order valence-electron chi connectivity index (χ3n) is 2.08. The van der Waals surface area contributed by atoms with Crippen molar-refractivity contribution in [3.63, 3.8) is 0 Å². The predicted octanol–water partition coefficient (Wildman–Crippen LogP) is 2.88. The highest BCUT2D eigenvalue weighted by Gasteiger charge is 2.21. The van der Waals surface area contributed by atoms with Crippen LogP contribution in [0.2, 0.25) is 0 Å². The monoisotopic (exact) mass is 232 g/mol. The molecule has 0 fully saturated rings. The van der Waals surface area contributed by atoms with Crippen LogP contribution >= 0.6 is 27.3 Å². The van der Waals surface area contributed by atoms with E-state index in [2.05, 4.69) is 21.3 Å². The van der Waals surface area contributed by atoms with Crippen LogP contribution in [0.1, 0.15) is 29.4 Å². The number of thiophene rings is 1. The minimum Gasteiger partial charge on any atom is -0.388 e. The fraction of sp³-hybridized carbons (Fsp3) is 0.500. The fourth-order valence-electron chi connectivity index (χ4n) is 1.50. The van der Waals surface area contributed by atoms with Crippen LogP contribution in [0.15, 0.2) is 9.85 Å². The largest absolute Gasteiger partial charge is 0.388 e. The van der Waals surface area contributed by atoms with Gasteiger partial charge < -0.3 is 5.11 Å². The minimum absolute atomic E-state index is 0.199. The molecule has 60 valence electrons. The molecular formula is C8H9BrOS. The fourth-order valence-corrected chi connectivity index (χ4v) is 3.33. The number of halogens is 1. The summed E-state index contributed by atoms with van der Waals surface area (Å²) in [7, 11) is 0. The summed E-state index contributed by atoms with van der Waals surface area (Å²) in [5.41, 5.74) is 1.33. The van der Waals surface area contributed by atoms with E-state index >= 15 is 0 Å². The molecule has 1 heterocycles. The molecule has 0 radical (unpaired) electrons. The molecule has 11 heavy (non-hydrogen) atoms. The first-order valence-electron chi connectivity index (χ1n) is 3.73. The molecule has 0 spiro atoms. The van der Waals surface area contributed by atoms with Gasteiger partial charge in [-0.05, 0) is 40.8 Å². The van der Waals surface area contributed by atoms with Crippen LogP contribution in [-0.4, -0.2) is 5.11 Å². The van der Waals surface area contributed by atoms with Gasteiger partial charge in [-0.1, -0.05) is 0 Å². The van der Waals surface area contributed by atoms with Crippen LogP contribution in [0, 0.1) is 0 Å². The number of hydrogen-bond acceptors (Lipinski definition) is 2. The molecule has 1 aliphatic carbocycles. The first-order chi connectivity index (χ1) is 5.29. The van der Waals surface area contributed by atoms with Crippen LogP contribution in [0.4, 0.5) is 0 Å². The number of hydrogen-bond donors (Lipinski definition) is 1. The molecule has 0 amide bonds. The lowest BCUT2D eigenvalue weighted by Gasteiger charge is -2.16. The van der Waals surface area contributed by atoms with Crippen molar-refractivity contribution in [3.05, 3.63) is 20.3 Å². The second-order valence-corrected chi connectivity index (χ2v) is 4.60. The molecule has 1 nitrogen and oxygen atoms in total. The van der Waals surface area contributed by atoms with E-state index < -0.39 is 0 Å². The van der Waals surface area contributed by atoms with E-state index in [1.54, 1.807) is 11.3 Å². The van der Waals surface area contributed by atoms with Gasteiger partial charge in [0.05, 0.1) is 6.10 Å². The second-order valence-electron chi connectivity index (χ2n) is 2.83. The van der Waals surface area contributed by atoms with E-state index in [1.165, 1.54) is 14.9 Å². The highest BCUT2D eigenvalue weighted by molar-refractivity contribution is 9.10. The van der Waals surface area contributed by atoms with Gasteiger partial charge in [-0.2, -0.15) is 0 Å². The molecule has 0 bridgehead atoms. The van der Waals surface area contributed by atoms with Gasteiger partial charge >= 0.3 is 0 Å². The third kappa shape index (κ3) is 1.25. The summed E-state index contributed by atoms with van der Waals surface area (Å²) in [6.45, 7) is 0. The Labute approximate surface area is 78.2 Å². The maximum absolute atomic E-state index is 9.56. The van der Waals surface area contributed by atoms with Gasteiger partial charge in [0.25, 0.3) is 0 Å². The molecule has 0 aliphatic heterocycles. The second kappa shape index (κ2) is 2.88. The van der Waals surface area contributed by atoms with Gasteiger partial charge in [0.15, 0.2) is 0 Å². The van der Waals surface area contributed by atoms with Crippen LogP contribution < -0.4 is 0 Å². The molecule has 1 atom stereocenters. The summed E-state index contributed by atoms with van der Waals surface area (Å²) >= 11 is 5.14. The smallest absolute Gasteiger partial charge is 0.0885 e. The Morgan fingerprint density at radius 3 is 3.18 bits per heavy atom. The van der Waals surface area contributed by atoms with E-state index in [0.29, 0.717) is 0 Å². The van der Waals surface area contributed by atoms with Gasteiger partial charge in [-0.15, -0.1) is 11.3 Å². The van der Waals surface area contributed by atoms with Crippen LogP contribution in [-0.2, 0) is 6.42 Å². The maximum atomic E-state index is 9.56. The van der Waals surface area contributed by atoms with E-state index in [-0.39, 0.29) is 6.10 Å². The molecule has 0 aromatic carbocycles.